The van der Waals surface area contributed by atoms with Gasteiger partial charge in [0.2, 0.25) is 0 Å². The van der Waals surface area contributed by atoms with Gasteiger partial charge < -0.3 is 10.6 Å². The van der Waals surface area contributed by atoms with Gasteiger partial charge in [-0.25, -0.2) is 4.98 Å². The van der Waals surface area contributed by atoms with Crippen LogP contribution in [-0.2, 0) is 0 Å². The van der Waals surface area contributed by atoms with Gasteiger partial charge in [-0.2, -0.15) is 0 Å². The Hall–Kier alpha value is -1.09. The fourth-order valence-electron chi connectivity index (χ4n) is 1.87. The summed E-state index contributed by atoms with van der Waals surface area (Å²) in [5.41, 5.74) is 1.31. The largest absolute Gasteiger partial charge is 0.370 e. The van der Waals surface area contributed by atoms with Crippen molar-refractivity contribution in [2.45, 2.75) is 25.8 Å². The molecule has 2 N–H and O–H groups in total. The summed E-state index contributed by atoms with van der Waals surface area (Å²) in [5.74, 6) is 0.967. The van der Waals surface area contributed by atoms with Crippen LogP contribution in [0.15, 0.2) is 18.3 Å². The molecule has 1 aromatic heterocycles. The number of nitrogens with one attached hydrogen (secondary N) is 2. The Morgan fingerprint density at radius 2 is 2.50 bits per heavy atom. The van der Waals surface area contributed by atoms with E-state index < -0.39 is 0 Å². The van der Waals surface area contributed by atoms with Crippen LogP contribution < -0.4 is 10.6 Å². The predicted octanol–water partition coefficient (Wildman–Crippen LogP) is 1.94. The first kappa shape index (κ1) is 9.46. The second-order valence-corrected chi connectivity index (χ2v) is 3.66. The van der Waals surface area contributed by atoms with Crippen molar-refractivity contribution in [1.82, 2.24) is 10.3 Å². The molecule has 0 radical (unpaired) electrons. The van der Waals surface area contributed by atoms with Crippen molar-refractivity contribution in [1.29, 1.82) is 0 Å². The maximum Gasteiger partial charge on any atom is 0.125 e. The highest BCUT2D eigenvalue weighted by atomic mass is 15.0. The zero-order valence-corrected chi connectivity index (χ0v) is 8.59. The van der Waals surface area contributed by atoms with Gasteiger partial charge >= 0.3 is 0 Å². The molecule has 2 heterocycles. The maximum atomic E-state index is 4.36. The van der Waals surface area contributed by atoms with E-state index in [2.05, 4.69) is 34.7 Å². The first-order valence-electron chi connectivity index (χ1n) is 5.33. The Morgan fingerprint density at radius 3 is 3.07 bits per heavy atom. The number of anilines is 1. The van der Waals surface area contributed by atoms with Crippen LogP contribution in [0.25, 0.3) is 0 Å². The van der Waals surface area contributed by atoms with Gasteiger partial charge in [-0.05, 0) is 37.9 Å². The van der Waals surface area contributed by atoms with Gasteiger partial charge in [0.15, 0.2) is 0 Å². The van der Waals surface area contributed by atoms with E-state index in [-0.39, 0.29) is 0 Å². The van der Waals surface area contributed by atoms with Gasteiger partial charge in [0.1, 0.15) is 5.82 Å². The highest BCUT2D eigenvalue weighted by molar-refractivity contribution is 5.36. The van der Waals surface area contributed by atoms with Crippen LogP contribution in [0.5, 0.6) is 0 Å². The van der Waals surface area contributed by atoms with E-state index in [0.29, 0.717) is 6.04 Å². The van der Waals surface area contributed by atoms with Crippen molar-refractivity contribution in [2.24, 2.45) is 0 Å². The molecule has 2 rings (SSSR count). The highest BCUT2D eigenvalue weighted by Gasteiger charge is 2.15. The SMILES string of the molecule is CCNc1ccc([C@@H]2CCCN2)cn1. The van der Waals surface area contributed by atoms with E-state index >= 15 is 0 Å². The fourth-order valence-corrected chi connectivity index (χ4v) is 1.87. The van der Waals surface area contributed by atoms with E-state index in [1.165, 1.54) is 18.4 Å². The minimum atomic E-state index is 0.526. The van der Waals surface area contributed by atoms with E-state index in [4.69, 9.17) is 0 Å². The fraction of sp³-hybridized carbons (Fsp3) is 0.545. The molecule has 0 aliphatic carbocycles. The van der Waals surface area contributed by atoms with Crippen LogP contribution in [0.4, 0.5) is 5.82 Å². The minimum absolute atomic E-state index is 0.526. The zero-order valence-electron chi connectivity index (χ0n) is 8.59. The summed E-state index contributed by atoms with van der Waals surface area (Å²) in [6, 6.07) is 4.74. The normalized spacial score (nSPS) is 21.1. The molecule has 1 fully saturated rings. The smallest absolute Gasteiger partial charge is 0.125 e. The predicted molar refractivity (Wildman–Crippen MR) is 58.4 cm³/mol. The first-order valence-corrected chi connectivity index (χ1v) is 5.33. The Kier molecular flexibility index (Phi) is 2.99. The molecule has 3 nitrogen and oxygen atoms in total. The van der Waals surface area contributed by atoms with Crippen molar-refractivity contribution in [2.75, 3.05) is 18.4 Å². The number of hydrogen-bond donors (Lipinski definition) is 2. The van der Waals surface area contributed by atoms with Crippen molar-refractivity contribution in [3.8, 4) is 0 Å². The van der Waals surface area contributed by atoms with Gasteiger partial charge in [0, 0.05) is 18.8 Å². The van der Waals surface area contributed by atoms with Crippen molar-refractivity contribution in [3.05, 3.63) is 23.9 Å². The summed E-state index contributed by atoms with van der Waals surface area (Å²) < 4.78 is 0. The molecule has 1 aliphatic rings. The molecule has 3 heteroatoms. The lowest BCUT2D eigenvalue weighted by Gasteiger charge is -2.10. The topological polar surface area (TPSA) is 37.0 Å². The summed E-state index contributed by atoms with van der Waals surface area (Å²) >= 11 is 0. The average Bonchev–Trinajstić information content (AvgIpc) is 2.72. The Bertz CT molecular complexity index is 275. The molecular formula is C11H17N3. The van der Waals surface area contributed by atoms with E-state index in [1.54, 1.807) is 0 Å². The molecule has 0 saturated carbocycles. The molecule has 1 aliphatic heterocycles. The van der Waals surface area contributed by atoms with E-state index in [9.17, 15) is 0 Å². The third-order valence-electron chi connectivity index (χ3n) is 2.61. The molecule has 0 bridgehead atoms. The summed E-state index contributed by atoms with van der Waals surface area (Å²) in [7, 11) is 0. The number of nitrogens with zero attached hydrogens (tertiary/aromatic N) is 1. The molecule has 1 saturated heterocycles. The second kappa shape index (κ2) is 4.42. The maximum absolute atomic E-state index is 4.36. The number of aromatic nitrogens is 1. The van der Waals surface area contributed by atoms with Crippen LogP contribution in [0.1, 0.15) is 31.4 Å². The number of hydrogen-bond acceptors (Lipinski definition) is 3. The Balaban J connectivity index is 2.05. The van der Waals surface area contributed by atoms with E-state index in [0.717, 1.165) is 18.9 Å². The highest BCUT2D eigenvalue weighted by Crippen LogP contribution is 2.22. The summed E-state index contributed by atoms with van der Waals surface area (Å²) in [4.78, 5) is 4.36. The molecule has 0 unspecified atom stereocenters. The summed E-state index contributed by atoms with van der Waals surface area (Å²) in [6.45, 7) is 4.14. The molecule has 76 valence electrons. The number of rotatable bonds is 3. The first-order chi connectivity index (χ1) is 6.90. The lowest BCUT2D eigenvalue weighted by Crippen LogP contribution is -2.13. The van der Waals surface area contributed by atoms with Gasteiger partial charge in [-0.15, -0.1) is 0 Å². The van der Waals surface area contributed by atoms with Crippen molar-refractivity contribution < 1.29 is 0 Å². The average molecular weight is 191 g/mol. The number of pyridine rings is 1. The summed E-state index contributed by atoms with van der Waals surface area (Å²) in [5, 5.41) is 6.66. The lowest BCUT2D eigenvalue weighted by atomic mass is 10.1. The molecule has 1 atom stereocenters. The minimum Gasteiger partial charge on any atom is -0.370 e. The van der Waals surface area contributed by atoms with Crippen LogP contribution in [-0.4, -0.2) is 18.1 Å². The molecule has 0 aromatic carbocycles. The monoisotopic (exact) mass is 191 g/mol. The Labute approximate surface area is 84.9 Å². The van der Waals surface area contributed by atoms with Crippen molar-refractivity contribution >= 4 is 5.82 Å². The van der Waals surface area contributed by atoms with Gasteiger partial charge in [0.05, 0.1) is 0 Å². The van der Waals surface area contributed by atoms with Gasteiger partial charge in [-0.3, -0.25) is 0 Å². The van der Waals surface area contributed by atoms with Crippen LogP contribution >= 0.6 is 0 Å². The molecule has 14 heavy (non-hydrogen) atoms. The summed E-state index contributed by atoms with van der Waals surface area (Å²) in [6.07, 6.45) is 4.49. The van der Waals surface area contributed by atoms with Crippen LogP contribution in [0, 0.1) is 0 Å². The third kappa shape index (κ3) is 2.04. The molecule has 1 aromatic rings. The lowest BCUT2D eigenvalue weighted by molar-refractivity contribution is 0.645. The standard InChI is InChI=1S/C11H17N3/c1-2-12-11-6-5-9(8-14-11)10-4-3-7-13-10/h5-6,8,10,13H,2-4,7H2,1H3,(H,12,14)/t10-/m0/s1. The van der Waals surface area contributed by atoms with Gasteiger partial charge in [0.25, 0.3) is 0 Å². The van der Waals surface area contributed by atoms with E-state index in [1.807, 2.05) is 6.20 Å². The molecule has 0 spiro atoms. The van der Waals surface area contributed by atoms with Crippen molar-refractivity contribution in [3.63, 3.8) is 0 Å². The van der Waals surface area contributed by atoms with Crippen LogP contribution in [0.3, 0.4) is 0 Å². The van der Waals surface area contributed by atoms with Crippen LogP contribution in [0.2, 0.25) is 0 Å². The molecular weight excluding hydrogens is 174 g/mol. The second-order valence-electron chi connectivity index (χ2n) is 3.66. The quantitative estimate of drug-likeness (QED) is 0.766. The Morgan fingerprint density at radius 1 is 1.57 bits per heavy atom. The third-order valence-corrected chi connectivity index (χ3v) is 2.61. The zero-order chi connectivity index (χ0) is 9.80. The van der Waals surface area contributed by atoms with Gasteiger partial charge in [-0.1, -0.05) is 6.07 Å². The molecule has 0 amide bonds.